The summed E-state index contributed by atoms with van der Waals surface area (Å²) in [6.07, 6.45) is 2.64. The summed E-state index contributed by atoms with van der Waals surface area (Å²) in [5.74, 6) is -1.17. The topological polar surface area (TPSA) is 67.2 Å². The molecule has 128 valence electrons. The van der Waals surface area contributed by atoms with Crippen molar-refractivity contribution in [1.82, 2.24) is 15.1 Å². The molecule has 5 nitrogen and oxygen atoms in total. The molecule has 0 spiro atoms. The Balaban J connectivity index is 1.80. The molecule has 0 saturated heterocycles. The molecule has 1 aliphatic rings. The highest BCUT2D eigenvalue weighted by atomic mass is 16.4. The van der Waals surface area contributed by atoms with Gasteiger partial charge < -0.3 is 10.4 Å². The predicted molar refractivity (Wildman–Crippen MR) is 92.9 cm³/mol. The molecule has 0 unspecified atom stereocenters. The molecule has 5 heteroatoms. The second-order valence-electron chi connectivity index (χ2n) is 7.62. The lowest BCUT2D eigenvalue weighted by Crippen LogP contribution is -2.22. The Kier molecular flexibility index (Phi) is 4.22. The van der Waals surface area contributed by atoms with Crippen molar-refractivity contribution in [2.75, 3.05) is 0 Å². The van der Waals surface area contributed by atoms with Gasteiger partial charge in [-0.15, -0.1) is 0 Å². The van der Waals surface area contributed by atoms with Gasteiger partial charge in [0.15, 0.2) is 0 Å². The molecular formula is C19H25N3O2. The Morgan fingerprint density at radius 3 is 2.62 bits per heavy atom. The zero-order valence-electron chi connectivity index (χ0n) is 14.7. The van der Waals surface area contributed by atoms with E-state index in [0.717, 1.165) is 16.8 Å². The van der Waals surface area contributed by atoms with E-state index in [4.69, 9.17) is 0 Å². The van der Waals surface area contributed by atoms with Crippen LogP contribution in [0.15, 0.2) is 30.5 Å². The number of nitrogens with zero attached hydrogens (tertiary/aromatic N) is 2. The van der Waals surface area contributed by atoms with E-state index in [-0.39, 0.29) is 11.5 Å². The van der Waals surface area contributed by atoms with E-state index in [1.54, 1.807) is 0 Å². The molecule has 2 atom stereocenters. The molecule has 1 heterocycles. The predicted octanol–water partition coefficient (Wildman–Crippen LogP) is 3.12. The fraction of sp³-hybridized carbons (Fsp3) is 0.474. The third-order valence-corrected chi connectivity index (χ3v) is 4.67. The maximum atomic E-state index is 11.5. The van der Waals surface area contributed by atoms with Gasteiger partial charge in [0.05, 0.1) is 11.6 Å². The first kappa shape index (κ1) is 16.7. The molecule has 0 aliphatic heterocycles. The number of aromatic nitrogens is 2. The Morgan fingerprint density at radius 2 is 2.00 bits per heavy atom. The van der Waals surface area contributed by atoms with Crippen molar-refractivity contribution in [3.05, 3.63) is 52.8 Å². The second kappa shape index (κ2) is 6.06. The number of carbonyl (C=O) groups is 1. The smallest absolute Gasteiger partial charge is 0.311 e. The minimum absolute atomic E-state index is 0.0184. The summed E-state index contributed by atoms with van der Waals surface area (Å²) in [5.41, 5.74) is 4.27. The fourth-order valence-electron chi connectivity index (χ4n) is 3.59. The van der Waals surface area contributed by atoms with E-state index < -0.39 is 11.9 Å². The van der Waals surface area contributed by atoms with E-state index >= 15 is 0 Å². The summed E-state index contributed by atoms with van der Waals surface area (Å²) >= 11 is 0. The molecule has 2 N–H and O–H groups in total. The molecular weight excluding hydrogens is 302 g/mol. The van der Waals surface area contributed by atoms with Crippen molar-refractivity contribution in [3.8, 4) is 0 Å². The molecule has 1 aromatic carbocycles. The van der Waals surface area contributed by atoms with Gasteiger partial charge in [0.2, 0.25) is 0 Å². The van der Waals surface area contributed by atoms with E-state index in [0.29, 0.717) is 13.0 Å². The molecule has 3 rings (SSSR count). The van der Waals surface area contributed by atoms with Crippen LogP contribution >= 0.6 is 0 Å². The van der Waals surface area contributed by atoms with Crippen LogP contribution in [0.25, 0.3) is 0 Å². The van der Waals surface area contributed by atoms with Gasteiger partial charge in [-0.25, -0.2) is 0 Å². The number of fused-ring (bicyclic) bond motifs is 1. The van der Waals surface area contributed by atoms with E-state index in [1.807, 2.05) is 42.2 Å². The summed E-state index contributed by atoms with van der Waals surface area (Å²) in [5, 5.41) is 17.6. The van der Waals surface area contributed by atoms with Gasteiger partial charge in [-0.05, 0) is 17.5 Å². The Morgan fingerprint density at radius 1 is 1.33 bits per heavy atom. The van der Waals surface area contributed by atoms with Crippen molar-refractivity contribution in [3.63, 3.8) is 0 Å². The normalized spacial score (nSPS) is 20.2. The lowest BCUT2D eigenvalue weighted by Gasteiger charge is -2.19. The summed E-state index contributed by atoms with van der Waals surface area (Å²) in [4.78, 5) is 11.5. The quantitative estimate of drug-likeness (QED) is 0.905. The number of aliphatic carboxylic acids is 1. The minimum atomic E-state index is -0.747. The summed E-state index contributed by atoms with van der Waals surface area (Å²) in [6.45, 7) is 7.16. The largest absolute Gasteiger partial charge is 0.481 e. The third kappa shape index (κ3) is 3.08. The molecule has 24 heavy (non-hydrogen) atoms. The van der Waals surface area contributed by atoms with Crippen LogP contribution in [0.5, 0.6) is 0 Å². The van der Waals surface area contributed by atoms with Crippen molar-refractivity contribution in [2.24, 2.45) is 7.05 Å². The molecule has 0 amide bonds. The zero-order valence-corrected chi connectivity index (χ0v) is 14.7. The van der Waals surface area contributed by atoms with Gasteiger partial charge >= 0.3 is 5.97 Å². The maximum absolute atomic E-state index is 11.5. The van der Waals surface area contributed by atoms with Crippen molar-refractivity contribution in [1.29, 1.82) is 0 Å². The molecule has 0 radical (unpaired) electrons. The number of nitrogens with one attached hydrogen (secondary N) is 1. The summed E-state index contributed by atoms with van der Waals surface area (Å²) in [6, 6.07) is 7.92. The molecule has 2 aromatic rings. The highest BCUT2D eigenvalue weighted by Gasteiger charge is 2.35. The van der Waals surface area contributed by atoms with Crippen LogP contribution in [0.3, 0.4) is 0 Å². The van der Waals surface area contributed by atoms with Crippen LogP contribution in [0, 0.1) is 0 Å². The number of aryl methyl sites for hydroxylation is 1. The van der Waals surface area contributed by atoms with Crippen LogP contribution in [0.1, 0.15) is 61.5 Å². The minimum Gasteiger partial charge on any atom is -0.481 e. The first-order valence-corrected chi connectivity index (χ1v) is 8.35. The monoisotopic (exact) mass is 327 g/mol. The van der Waals surface area contributed by atoms with Gasteiger partial charge in [-0.1, -0.05) is 45.0 Å². The van der Waals surface area contributed by atoms with E-state index in [2.05, 4.69) is 31.2 Å². The Labute approximate surface area is 142 Å². The van der Waals surface area contributed by atoms with E-state index in [1.165, 1.54) is 5.56 Å². The number of carboxylic acid groups (broad SMARTS) is 1. The Hall–Kier alpha value is -2.14. The highest BCUT2D eigenvalue weighted by Crippen LogP contribution is 2.40. The average Bonchev–Trinajstić information content (AvgIpc) is 3.05. The Bertz CT molecular complexity index is 758. The fourth-order valence-corrected chi connectivity index (χ4v) is 3.59. The number of hydrogen-bond donors (Lipinski definition) is 2. The molecule has 1 aromatic heterocycles. The standard InChI is InChI=1S/C19H25N3O2/c1-19(2,3)17-12(11-22(4)21-17)10-20-16-9-15(18(23)24)13-7-5-6-8-14(13)16/h5-8,11,15-16,20H,9-10H2,1-4H3,(H,23,24)/t15-,16+/m0/s1. The van der Waals surface area contributed by atoms with Crippen LogP contribution in [-0.2, 0) is 23.8 Å². The van der Waals surface area contributed by atoms with Gasteiger partial charge in [-0.3, -0.25) is 9.48 Å². The first-order valence-electron chi connectivity index (χ1n) is 8.35. The number of carboxylic acids is 1. The van der Waals surface area contributed by atoms with Gasteiger partial charge in [-0.2, -0.15) is 5.10 Å². The first-order chi connectivity index (χ1) is 11.3. The molecule has 0 saturated carbocycles. The van der Waals surface area contributed by atoms with E-state index in [9.17, 15) is 9.90 Å². The van der Waals surface area contributed by atoms with Crippen molar-refractivity contribution >= 4 is 5.97 Å². The summed E-state index contributed by atoms with van der Waals surface area (Å²) < 4.78 is 1.85. The second-order valence-corrected chi connectivity index (χ2v) is 7.62. The van der Waals surface area contributed by atoms with Crippen LogP contribution < -0.4 is 5.32 Å². The lowest BCUT2D eigenvalue weighted by molar-refractivity contribution is -0.138. The number of benzene rings is 1. The molecule has 0 fully saturated rings. The average molecular weight is 327 g/mol. The highest BCUT2D eigenvalue weighted by molar-refractivity contribution is 5.78. The number of rotatable bonds is 4. The van der Waals surface area contributed by atoms with Crippen LogP contribution in [0.2, 0.25) is 0 Å². The molecule has 0 bridgehead atoms. The van der Waals surface area contributed by atoms with Crippen molar-refractivity contribution < 1.29 is 9.90 Å². The van der Waals surface area contributed by atoms with Gasteiger partial charge in [0.25, 0.3) is 0 Å². The number of hydrogen-bond acceptors (Lipinski definition) is 3. The van der Waals surface area contributed by atoms with Gasteiger partial charge in [0, 0.05) is 36.8 Å². The third-order valence-electron chi connectivity index (χ3n) is 4.67. The van der Waals surface area contributed by atoms with Gasteiger partial charge in [0.1, 0.15) is 0 Å². The lowest BCUT2D eigenvalue weighted by atomic mass is 9.89. The van der Waals surface area contributed by atoms with Crippen LogP contribution in [-0.4, -0.2) is 20.9 Å². The van der Waals surface area contributed by atoms with Crippen LogP contribution in [0.4, 0.5) is 0 Å². The molecule has 1 aliphatic carbocycles. The van der Waals surface area contributed by atoms with Crippen molar-refractivity contribution in [2.45, 2.75) is 51.1 Å². The summed E-state index contributed by atoms with van der Waals surface area (Å²) in [7, 11) is 1.93. The SMILES string of the molecule is Cn1cc(CN[C@@H]2C[C@H](C(=O)O)c3ccccc32)c(C(C)(C)C)n1. The zero-order chi connectivity index (χ0) is 17.5. The maximum Gasteiger partial charge on any atom is 0.311 e.